The SMILES string of the molecule is CC(NCc1cnc2cnc(Br)cn12)c1cccc(Br)c1. The summed E-state index contributed by atoms with van der Waals surface area (Å²) in [5.74, 6) is 0. The molecule has 0 bridgehead atoms. The minimum absolute atomic E-state index is 0.262. The number of benzene rings is 1. The third kappa shape index (κ3) is 3.33. The second-order valence-corrected chi connectivity index (χ2v) is 6.57. The van der Waals surface area contributed by atoms with Crippen LogP contribution in [0.25, 0.3) is 5.65 Å². The molecule has 0 fully saturated rings. The van der Waals surface area contributed by atoms with Gasteiger partial charge in [-0.25, -0.2) is 9.97 Å². The standard InChI is InChI=1S/C15H14Br2N4/c1-10(11-3-2-4-12(16)5-11)18-6-13-7-20-15-8-19-14(17)9-21(13)15/h2-5,7-10,18H,6H2,1H3. The smallest absolute Gasteiger partial charge is 0.155 e. The molecular weight excluding hydrogens is 396 g/mol. The van der Waals surface area contributed by atoms with Crippen molar-refractivity contribution in [1.82, 2.24) is 19.7 Å². The third-order valence-electron chi connectivity index (χ3n) is 3.38. The third-order valence-corrected chi connectivity index (χ3v) is 4.28. The number of halogens is 2. The molecular formula is C15H14Br2N4. The molecule has 0 spiro atoms. The Hall–Kier alpha value is -1.24. The number of rotatable bonds is 4. The molecule has 0 aliphatic rings. The number of nitrogens with one attached hydrogen (secondary N) is 1. The molecule has 0 aliphatic heterocycles. The van der Waals surface area contributed by atoms with Crippen LogP contribution in [0.2, 0.25) is 0 Å². The summed E-state index contributed by atoms with van der Waals surface area (Å²) in [5.41, 5.74) is 3.21. The molecule has 0 amide bonds. The zero-order chi connectivity index (χ0) is 14.8. The van der Waals surface area contributed by atoms with Gasteiger partial charge in [0.15, 0.2) is 5.65 Å². The summed E-state index contributed by atoms with van der Waals surface area (Å²) in [6, 6.07) is 8.60. The Kier molecular flexibility index (Phi) is 4.37. The van der Waals surface area contributed by atoms with E-state index >= 15 is 0 Å². The van der Waals surface area contributed by atoms with E-state index in [-0.39, 0.29) is 6.04 Å². The van der Waals surface area contributed by atoms with E-state index in [4.69, 9.17) is 0 Å². The molecule has 2 heterocycles. The highest BCUT2D eigenvalue weighted by Gasteiger charge is 2.08. The summed E-state index contributed by atoms with van der Waals surface area (Å²) in [4.78, 5) is 8.54. The fourth-order valence-corrected chi connectivity index (χ4v) is 2.92. The van der Waals surface area contributed by atoms with Gasteiger partial charge in [-0.1, -0.05) is 28.1 Å². The first kappa shape index (κ1) is 14.7. The predicted molar refractivity (Wildman–Crippen MR) is 90.1 cm³/mol. The predicted octanol–water partition coefficient (Wildman–Crippen LogP) is 4.11. The lowest BCUT2D eigenvalue weighted by Gasteiger charge is -2.14. The summed E-state index contributed by atoms with van der Waals surface area (Å²) in [7, 11) is 0. The molecule has 1 aromatic carbocycles. The number of aromatic nitrogens is 3. The molecule has 0 radical (unpaired) electrons. The van der Waals surface area contributed by atoms with Crippen molar-refractivity contribution in [2.45, 2.75) is 19.5 Å². The minimum atomic E-state index is 0.262. The number of hydrogen-bond donors (Lipinski definition) is 1. The van der Waals surface area contributed by atoms with Gasteiger partial charge in [-0.15, -0.1) is 0 Å². The highest BCUT2D eigenvalue weighted by atomic mass is 79.9. The van der Waals surface area contributed by atoms with Crippen LogP contribution in [-0.4, -0.2) is 14.4 Å². The van der Waals surface area contributed by atoms with Gasteiger partial charge in [-0.3, -0.25) is 4.40 Å². The van der Waals surface area contributed by atoms with E-state index in [1.807, 2.05) is 22.9 Å². The normalized spacial score (nSPS) is 12.7. The van der Waals surface area contributed by atoms with Crippen LogP contribution in [0, 0.1) is 0 Å². The van der Waals surface area contributed by atoms with Crippen molar-refractivity contribution in [2.75, 3.05) is 0 Å². The second-order valence-electron chi connectivity index (χ2n) is 4.85. The Morgan fingerprint density at radius 2 is 2.10 bits per heavy atom. The molecule has 6 heteroatoms. The molecule has 3 rings (SSSR count). The summed E-state index contributed by atoms with van der Waals surface area (Å²) < 4.78 is 3.94. The zero-order valence-electron chi connectivity index (χ0n) is 11.4. The molecule has 4 nitrogen and oxygen atoms in total. The van der Waals surface area contributed by atoms with Crippen LogP contribution in [0.4, 0.5) is 0 Å². The fraction of sp³-hybridized carbons (Fsp3) is 0.200. The number of hydrogen-bond acceptors (Lipinski definition) is 3. The number of imidazole rings is 1. The molecule has 0 saturated carbocycles. The molecule has 3 aromatic rings. The van der Waals surface area contributed by atoms with Crippen LogP contribution in [-0.2, 0) is 6.54 Å². The van der Waals surface area contributed by atoms with Gasteiger partial charge in [0.1, 0.15) is 4.60 Å². The quantitative estimate of drug-likeness (QED) is 0.705. The van der Waals surface area contributed by atoms with Crippen molar-refractivity contribution in [1.29, 1.82) is 0 Å². The van der Waals surface area contributed by atoms with Gasteiger partial charge in [0.05, 0.1) is 18.1 Å². The van der Waals surface area contributed by atoms with E-state index in [0.29, 0.717) is 0 Å². The lowest BCUT2D eigenvalue weighted by molar-refractivity contribution is 0.565. The largest absolute Gasteiger partial charge is 0.305 e. The van der Waals surface area contributed by atoms with Crippen molar-refractivity contribution in [2.24, 2.45) is 0 Å². The number of nitrogens with zero attached hydrogens (tertiary/aromatic N) is 3. The van der Waals surface area contributed by atoms with E-state index in [9.17, 15) is 0 Å². The summed E-state index contributed by atoms with van der Waals surface area (Å²) >= 11 is 6.90. The highest BCUT2D eigenvalue weighted by molar-refractivity contribution is 9.10. The first-order chi connectivity index (χ1) is 10.1. The van der Waals surface area contributed by atoms with E-state index in [2.05, 4.69) is 72.3 Å². The average Bonchev–Trinajstić information content (AvgIpc) is 2.87. The lowest BCUT2D eigenvalue weighted by atomic mass is 10.1. The van der Waals surface area contributed by atoms with Gasteiger partial charge in [0.25, 0.3) is 0 Å². The fourth-order valence-electron chi connectivity index (χ4n) is 2.20. The van der Waals surface area contributed by atoms with E-state index < -0.39 is 0 Å². The van der Waals surface area contributed by atoms with Gasteiger partial charge >= 0.3 is 0 Å². The van der Waals surface area contributed by atoms with Crippen molar-refractivity contribution in [3.8, 4) is 0 Å². The Morgan fingerprint density at radius 3 is 2.90 bits per heavy atom. The van der Waals surface area contributed by atoms with Crippen LogP contribution < -0.4 is 5.32 Å². The van der Waals surface area contributed by atoms with E-state index in [1.54, 1.807) is 6.20 Å². The van der Waals surface area contributed by atoms with Gasteiger partial charge < -0.3 is 5.32 Å². The van der Waals surface area contributed by atoms with Gasteiger partial charge in [-0.05, 0) is 40.5 Å². The van der Waals surface area contributed by atoms with Gasteiger partial charge in [0.2, 0.25) is 0 Å². The Bertz CT molecular complexity index is 769. The molecule has 108 valence electrons. The molecule has 1 N–H and O–H groups in total. The van der Waals surface area contributed by atoms with Gasteiger partial charge in [0, 0.05) is 23.3 Å². The summed E-state index contributed by atoms with van der Waals surface area (Å²) in [6.07, 6.45) is 5.57. The van der Waals surface area contributed by atoms with Crippen molar-refractivity contribution < 1.29 is 0 Å². The first-order valence-corrected chi connectivity index (χ1v) is 8.18. The molecule has 1 atom stereocenters. The van der Waals surface area contributed by atoms with Crippen molar-refractivity contribution >= 4 is 37.5 Å². The minimum Gasteiger partial charge on any atom is -0.305 e. The van der Waals surface area contributed by atoms with Crippen LogP contribution >= 0.6 is 31.9 Å². The Balaban J connectivity index is 1.75. The van der Waals surface area contributed by atoms with Crippen LogP contribution in [0.1, 0.15) is 24.2 Å². The zero-order valence-corrected chi connectivity index (χ0v) is 14.6. The maximum absolute atomic E-state index is 4.36. The van der Waals surface area contributed by atoms with E-state index in [0.717, 1.165) is 27.0 Å². The maximum Gasteiger partial charge on any atom is 0.155 e. The average molecular weight is 410 g/mol. The highest BCUT2D eigenvalue weighted by Crippen LogP contribution is 2.18. The number of fused-ring (bicyclic) bond motifs is 1. The van der Waals surface area contributed by atoms with E-state index in [1.165, 1.54) is 5.56 Å². The second kappa shape index (κ2) is 6.25. The van der Waals surface area contributed by atoms with Crippen molar-refractivity contribution in [3.05, 3.63) is 63.2 Å². The summed E-state index contributed by atoms with van der Waals surface area (Å²) in [6.45, 7) is 2.90. The topological polar surface area (TPSA) is 42.2 Å². The molecule has 1 unspecified atom stereocenters. The molecule has 0 aliphatic carbocycles. The lowest BCUT2D eigenvalue weighted by Crippen LogP contribution is -2.19. The monoisotopic (exact) mass is 408 g/mol. The Morgan fingerprint density at radius 1 is 1.24 bits per heavy atom. The summed E-state index contributed by atoms with van der Waals surface area (Å²) in [5, 5.41) is 3.52. The molecule has 0 saturated heterocycles. The van der Waals surface area contributed by atoms with Crippen LogP contribution in [0.5, 0.6) is 0 Å². The Labute approximate surface area is 139 Å². The molecule has 2 aromatic heterocycles. The van der Waals surface area contributed by atoms with Crippen LogP contribution in [0.3, 0.4) is 0 Å². The first-order valence-electron chi connectivity index (χ1n) is 6.60. The molecule has 21 heavy (non-hydrogen) atoms. The van der Waals surface area contributed by atoms with Gasteiger partial charge in [-0.2, -0.15) is 0 Å². The van der Waals surface area contributed by atoms with Crippen molar-refractivity contribution in [3.63, 3.8) is 0 Å². The maximum atomic E-state index is 4.36. The van der Waals surface area contributed by atoms with Crippen LogP contribution in [0.15, 0.2) is 51.9 Å².